The van der Waals surface area contributed by atoms with Gasteiger partial charge < -0.3 is 14.6 Å². The van der Waals surface area contributed by atoms with Gasteiger partial charge in [-0.15, -0.1) is 0 Å². The van der Waals surface area contributed by atoms with Crippen LogP contribution in [0.5, 0.6) is 0 Å². The fourth-order valence-electron chi connectivity index (χ4n) is 2.19. The Bertz CT molecular complexity index is 615. The van der Waals surface area contributed by atoms with E-state index in [-0.39, 0.29) is 18.4 Å². The van der Waals surface area contributed by atoms with Crippen molar-refractivity contribution >= 4 is 5.91 Å². The van der Waals surface area contributed by atoms with Crippen LogP contribution in [0, 0.1) is 12.8 Å². The van der Waals surface area contributed by atoms with Crippen molar-refractivity contribution in [3.63, 3.8) is 0 Å². The highest BCUT2D eigenvalue weighted by molar-refractivity contribution is 5.78. The third-order valence-corrected chi connectivity index (χ3v) is 3.49. The van der Waals surface area contributed by atoms with Gasteiger partial charge in [-0.25, -0.2) is 0 Å². The van der Waals surface area contributed by atoms with Crippen LogP contribution in [0.25, 0.3) is 11.5 Å². The van der Waals surface area contributed by atoms with Crippen LogP contribution in [0.3, 0.4) is 0 Å². The van der Waals surface area contributed by atoms with Gasteiger partial charge in [0.05, 0.1) is 19.1 Å². The number of hydrogen-bond acceptors (Lipinski definition) is 5. The van der Waals surface area contributed by atoms with Gasteiger partial charge in [0.1, 0.15) is 0 Å². The third kappa shape index (κ3) is 3.28. The molecule has 0 aliphatic carbocycles. The van der Waals surface area contributed by atoms with Crippen LogP contribution in [0.15, 0.2) is 28.8 Å². The van der Waals surface area contributed by atoms with E-state index in [0.717, 1.165) is 12.0 Å². The van der Waals surface area contributed by atoms with E-state index in [2.05, 4.69) is 15.5 Å². The summed E-state index contributed by atoms with van der Waals surface area (Å²) < 4.78 is 10.4. The lowest BCUT2D eigenvalue weighted by Crippen LogP contribution is -2.30. The maximum atomic E-state index is 11.9. The molecule has 0 saturated carbocycles. The molecule has 1 aliphatic heterocycles. The Morgan fingerprint density at radius 2 is 2.19 bits per heavy atom. The number of nitrogens with one attached hydrogen (secondary N) is 1. The minimum Gasteiger partial charge on any atom is -0.381 e. The second-order valence-electron chi connectivity index (χ2n) is 5.16. The van der Waals surface area contributed by atoms with Crippen LogP contribution in [0.1, 0.15) is 17.8 Å². The van der Waals surface area contributed by atoms with Gasteiger partial charge in [-0.3, -0.25) is 4.79 Å². The van der Waals surface area contributed by atoms with Crippen molar-refractivity contribution in [3.8, 4) is 11.5 Å². The Morgan fingerprint density at radius 3 is 2.90 bits per heavy atom. The fraction of sp³-hybridized carbons (Fsp3) is 0.400. The zero-order valence-corrected chi connectivity index (χ0v) is 11.8. The maximum absolute atomic E-state index is 11.9. The Morgan fingerprint density at radius 1 is 1.38 bits per heavy atom. The van der Waals surface area contributed by atoms with Gasteiger partial charge in [-0.05, 0) is 25.5 Å². The smallest absolute Gasteiger partial charge is 0.257 e. The largest absolute Gasteiger partial charge is 0.381 e. The van der Waals surface area contributed by atoms with E-state index in [0.29, 0.717) is 24.9 Å². The minimum absolute atomic E-state index is 0.0193. The van der Waals surface area contributed by atoms with Crippen molar-refractivity contribution in [2.45, 2.75) is 19.9 Å². The molecular weight excluding hydrogens is 270 g/mol. The lowest BCUT2D eigenvalue weighted by molar-refractivity contribution is -0.125. The van der Waals surface area contributed by atoms with Gasteiger partial charge in [-0.1, -0.05) is 22.9 Å². The third-order valence-electron chi connectivity index (χ3n) is 3.49. The summed E-state index contributed by atoms with van der Waals surface area (Å²) in [5.74, 6) is 0.851. The molecular formula is C15H17N3O3. The molecule has 1 aromatic carbocycles. The van der Waals surface area contributed by atoms with Gasteiger partial charge in [0, 0.05) is 12.2 Å². The van der Waals surface area contributed by atoms with Crippen LogP contribution in [0.2, 0.25) is 0 Å². The SMILES string of the molecule is Cc1ccc(-c2nc(CNC(=O)[C@H]3CCOC3)no2)cc1. The molecule has 110 valence electrons. The predicted octanol–water partition coefficient (Wildman–Crippen LogP) is 1.70. The number of carbonyl (C=O) groups excluding carboxylic acids is 1. The molecule has 0 spiro atoms. The molecule has 21 heavy (non-hydrogen) atoms. The predicted molar refractivity (Wildman–Crippen MR) is 75.2 cm³/mol. The average Bonchev–Trinajstić information content (AvgIpc) is 3.17. The summed E-state index contributed by atoms with van der Waals surface area (Å²) in [6.45, 7) is 3.43. The van der Waals surface area contributed by atoms with Crippen molar-refractivity contribution in [2.24, 2.45) is 5.92 Å². The van der Waals surface area contributed by atoms with Crippen molar-refractivity contribution in [1.82, 2.24) is 15.5 Å². The Kier molecular flexibility index (Phi) is 3.96. The van der Waals surface area contributed by atoms with E-state index < -0.39 is 0 Å². The number of rotatable bonds is 4. The molecule has 0 bridgehead atoms. The molecule has 6 heteroatoms. The van der Waals surface area contributed by atoms with E-state index in [1.807, 2.05) is 31.2 Å². The molecule has 6 nitrogen and oxygen atoms in total. The average molecular weight is 287 g/mol. The molecule has 1 aromatic heterocycles. The summed E-state index contributed by atoms with van der Waals surface area (Å²) in [6.07, 6.45) is 0.771. The molecule has 3 rings (SSSR count). The number of ether oxygens (including phenoxy) is 1. The number of hydrogen-bond donors (Lipinski definition) is 1. The quantitative estimate of drug-likeness (QED) is 0.926. The second-order valence-corrected chi connectivity index (χ2v) is 5.16. The van der Waals surface area contributed by atoms with Crippen LogP contribution in [-0.2, 0) is 16.1 Å². The van der Waals surface area contributed by atoms with E-state index in [9.17, 15) is 4.79 Å². The second kappa shape index (κ2) is 6.05. The summed E-state index contributed by atoms with van der Waals surface area (Å²) in [5, 5.41) is 6.69. The van der Waals surface area contributed by atoms with E-state index >= 15 is 0 Å². The zero-order chi connectivity index (χ0) is 14.7. The van der Waals surface area contributed by atoms with Crippen LogP contribution in [-0.4, -0.2) is 29.3 Å². The molecule has 2 heterocycles. The van der Waals surface area contributed by atoms with E-state index in [1.54, 1.807) is 0 Å². The maximum Gasteiger partial charge on any atom is 0.257 e. The zero-order valence-electron chi connectivity index (χ0n) is 11.8. The molecule has 1 N–H and O–H groups in total. The van der Waals surface area contributed by atoms with E-state index in [4.69, 9.17) is 9.26 Å². The van der Waals surface area contributed by atoms with E-state index in [1.165, 1.54) is 5.56 Å². The van der Waals surface area contributed by atoms with Crippen molar-refractivity contribution < 1.29 is 14.1 Å². The van der Waals surface area contributed by atoms with Gasteiger partial charge in [0.25, 0.3) is 5.89 Å². The highest BCUT2D eigenvalue weighted by atomic mass is 16.5. The molecule has 1 aliphatic rings. The first kappa shape index (κ1) is 13.8. The summed E-state index contributed by atoms with van der Waals surface area (Å²) in [7, 11) is 0. The topological polar surface area (TPSA) is 77.2 Å². The Labute approximate surface area is 122 Å². The van der Waals surface area contributed by atoms with Crippen molar-refractivity contribution in [2.75, 3.05) is 13.2 Å². The highest BCUT2D eigenvalue weighted by Gasteiger charge is 2.23. The van der Waals surface area contributed by atoms with Gasteiger partial charge in [0.2, 0.25) is 5.91 Å². The Hall–Kier alpha value is -2.21. The molecule has 1 saturated heterocycles. The lowest BCUT2D eigenvalue weighted by Gasteiger charge is -2.06. The lowest BCUT2D eigenvalue weighted by atomic mass is 10.1. The number of amides is 1. The molecule has 2 aromatic rings. The number of carbonyl (C=O) groups is 1. The summed E-state index contributed by atoms with van der Waals surface area (Å²) in [4.78, 5) is 16.1. The van der Waals surface area contributed by atoms with Gasteiger partial charge in [-0.2, -0.15) is 4.98 Å². The summed E-state index contributed by atoms with van der Waals surface area (Å²) in [5.41, 5.74) is 2.04. The minimum atomic E-state index is -0.0616. The highest BCUT2D eigenvalue weighted by Crippen LogP contribution is 2.17. The molecule has 0 radical (unpaired) electrons. The number of aromatic nitrogens is 2. The van der Waals surface area contributed by atoms with Crippen LogP contribution in [0.4, 0.5) is 0 Å². The molecule has 1 fully saturated rings. The monoisotopic (exact) mass is 287 g/mol. The summed E-state index contributed by atoms with van der Waals surface area (Å²) >= 11 is 0. The van der Waals surface area contributed by atoms with Crippen molar-refractivity contribution in [3.05, 3.63) is 35.7 Å². The Balaban J connectivity index is 1.60. The number of benzene rings is 1. The number of aryl methyl sites for hydroxylation is 1. The number of nitrogens with zero attached hydrogens (tertiary/aromatic N) is 2. The first-order chi connectivity index (χ1) is 10.2. The first-order valence-corrected chi connectivity index (χ1v) is 6.97. The van der Waals surface area contributed by atoms with Crippen LogP contribution < -0.4 is 5.32 Å². The molecule has 0 unspecified atom stereocenters. The molecule has 1 amide bonds. The van der Waals surface area contributed by atoms with Gasteiger partial charge in [0.15, 0.2) is 5.82 Å². The molecule has 1 atom stereocenters. The first-order valence-electron chi connectivity index (χ1n) is 6.97. The van der Waals surface area contributed by atoms with Crippen molar-refractivity contribution in [1.29, 1.82) is 0 Å². The van der Waals surface area contributed by atoms with Crippen LogP contribution >= 0.6 is 0 Å². The normalized spacial score (nSPS) is 17.9. The van der Waals surface area contributed by atoms with Gasteiger partial charge >= 0.3 is 0 Å². The standard InChI is InChI=1S/C15H17N3O3/c1-10-2-4-11(5-3-10)15-17-13(18-21-15)8-16-14(19)12-6-7-20-9-12/h2-5,12H,6-9H2,1H3,(H,16,19)/t12-/m0/s1. The summed E-state index contributed by atoms with van der Waals surface area (Å²) in [6, 6.07) is 7.84. The fourth-order valence-corrected chi connectivity index (χ4v) is 2.19.